The number of amides is 3. The van der Waals surface area contributed by atoms with Gasteiger partial charge >= 0.3 is 14.1 Å². The molecule has 7 nitrogen and oxygen atoms in total. The van der Waals surface area contributed by atoms with Gasteiger partial charge in [-0.2, -0.15) is 0 Å². The van der Waals surface area contributed by atoms with Gasteiger partial charge in [-0.3, -0.25) is 14.6 Å². The lowest BCUT2D eigenvalue weighted by Gasteiger charge is -2.42. The van der Waals surface area contributed by atoms with Crippen LogP contribution in [0.1, 0.15) is 39.7 Å². The molecule has 1 aliphatic heterocycles. The molecule has 9 heteroatoms. The quantitative estimate of drug-likeness (QED) is 0.700. The molecule has 158 valence electrons. The van der Waals surface area contributed by atoms with Gasteiger partial charge in [-0.15, -0.1) is 0 Å². The number of nitrogens with zero attached hydrogens (tertiary/aromatic N) is 2. The first kappa shape index (κ1) is 22.2. The van der Waals surface area contributed by atoms with Gasteiger partial charge in [-0.25, -0.2) is 4.79 Å². The Hall–Kier alpha value is -2.47. The Labute approximate surface area is 181 Å². The van der Waals surface area contributed by atoms with E-state index in [2.05, 4.69) is 0 Å². The largest absolute Gasteiger partial charge is 0.594 e. The number of carbonyl (C=O) groups excluding carboxylic acids is 2. The first-order valence-electron chi connectivity index (χ1n) is 9.33. The van der Waals surface area contributed by atoms with Crippen molar-refractivity contribution >= 4 is 48.6 Å². The lowest BCUT2D eigenvalue weighted by atomic mass is 9.76. The van der Waals surface area contributed by atoms with Crippen molar-refractivity contribution in [1.82, 2.24) is 0 Å². The van der Waals surface area contributed by atoms with Crippen molar-refractivity contribution in [3.63, 3.8) is 0 Å². The zero-order chi connectivity index (χ0) is 22.4. The van der Waals surface area contributed by atoms with Crippen molar-refractivity contribution < 1.29 is 19.0 Å². The van der Waals surface area contributed by atoms with E-state index in [1.165, 1.54) is 23.6 Å². The molecule has 1 atom stereocenters. The Morgan fingerprint density at radius 2 is 1.77 bits per heavy atom. The zero-order valence-electron chi connectivity index (χ0n) is 17.2. The van der Waals surface area contributed by atoms with Crippen LogP contribution in [0, 0.1) is 0 Å². The molecule has 1 heterocycles. The molecule has 2 aromatic carbocycles. The molecule has 3 rings (SSSR count). The molecule has 0 aliphatic carbocycles. The van der Waals surface area contributed by atoms with E-state index in [1.807, 2.05) is 13.8 Å². The van der Waals surface area contributed by atoms with Crippen LogP contribution in [-0.4, -0.2) is 17.2 Å². The van der Waals surface area contributed by atoms with Crippen LogP contribution in [0.4, 0.5) is 21.9 Å². The number of carbonyl (C=O) groups is 2. The number of urea groups is 1. The van der Waals surface area contributed by atoms with Crippen molar-refractivity contribution in [2.75, 3.05) is 9.80 Å². The van der Waals surface area contributed by atoms with Gasteiger partial charge in [0.2, 0.25) is 11.2 Å². The van der Waals surface area contributed by atoms with E-state index in [4.69, 9.17) is 17.3 Å². The van der Waals surface area contributed by atoms with Crippen LogP contribution in [0.5, 0.6) is 0 Å². The van der Waals surface area contributed by atoms with E-state index in [1.54, 1.807) is 42.5 Å². The summed E-state index contributed by atoms with van der Waals surface area (Å²) in [7, 11) is -2.91. The summed E-state index contributed by atoms with van der Waals surface area (Å²) in [6.45, 7) is 6.81. The average molecular weight is 448 g/mol. The molecule has 0 saturated heterocycles. The highest BCUT2D eigenvalue weighted by Crippen LogP contribution is 2.48. The second-order valence-corrected chi connectivity index (χ2v) is 10.4. The van der Waals surface area contributed by atoms with Crippen molar-refractivity contribution in [3.8, 4) is 0 Å². The number of rotatable bonds is 4. The fourth-order valence-corrected chi connectivity index (χ4v) is 4.27. The van der Waals surface area contributed by atoms with Gasteiger partial charge in [-0.1, -0.05) is 30.0 Å². The van der Waals surface area contributed by atoms with Gasteiger partial charge in [0.15, 0.2) is 0 Å². The van der Waals surface area contributed by atoms with Gasteiger partial charge in [0.1, 0.15) is 0 Å². The normalized spacial score (nSPS) is 16.1. The fourth-order valence-electron chi connectivity index (χ4n) is 3.76. The van der Waals surface area contributed by atoms with Crippen LogP contribution in [0.3, 0.4) is 0 Å². The Bertz CT molecular complexity index is 1040. The minimum absolute atomic E-state index is 0.133. The lowest BCUT2D eigenvalue weighted by molar-refractivity contribution is -0.169. The maximum Gasteiger partial charge on any atom is 0.337 e. The summed E-state index contributed by atoms with van der Waals surface area (Å²) in [6, 6.07) is 11.1. The summed E-state index contributed by atoms with van der Waals surface area (Å²) in [5.41, 5.74) is 7.39. The maximum atomic E-state index is 12.9. The fraction of sp³-hybridized carbons (Fsp3) is 0.333. The van der Waals surface area contributed by atoms with Gasteiger partial charge in [0.05, 0.1) is 17.1 Å². The van der Waals surface area contributed by atoms with Crippen LogP contribution in [0.15, 0.2) is 42.5 Å². The van der Waals surface area contributed by atoms with Crippen LogP contribution in [0.2, 0.25) is 5.02 Å². The molecular formula is C21H23ClN3O4P. The monoisotopic (exact) mass is 447 g/mol. The summed E-state index contributed by atoms with van der Waals surface area (Å²) in [4.78, 5) is 39.7. The van der Waals surface area contributed by atoms with E-state index in [0.29, 0.717) is 22.1 Å². The third-order valence-electron chi connectivity index (χ3n) is 5.35. The van der Waals surface area contributed by atoms with E-state index in [0.717, 1.165) is 5.56 Å². The molecule has 0 spiro atoms. The van der Waals surface area contributed by atoms with Crippen molar-refractivity contribution in [3.05, 3.63) is 53.1 Å². The van der Waals surface area contributed by atoms with Crippen molar-refractivity contribution in [2.45, 2.75) is 44.8 Å². The highest BCUT2D eigenvalue weighted by molar-refractivity contribution is 7.38. The van der Waals surface area contributed by atoms with Crippen molar-refractivity contribution in [2.24, 2.45) is 5.73 Å². The number of hydrogen-bond acceptors (Lipinski definition) is 4. The highest BCUT2D eigenvalue weighted by atomic mass is 35.5. The van der Waals surface area contributed by atoms with Crippen molar-refractivity contribution in [1.29, 1.82) is 0 Å². The Balaban J connectivity index is 2.18. The molecule has 2 N–H and O–H groups in total. The maximum absolute atomic E-state index is 12.9. The number of anilines is 3. The third-order valence-corrected chi connectivity index (χ3v) is 6.70. The predicted octanol–water partition coefficient (Wildman–Crippen LogP) is 4.41. The number of primary amides is 1. The van der Waals surface area contributed by atoms with E-state index >= 15 is 0 Å². The predicted molar refractivity (Wildman–Crippen MR) is 116 cm³/mol. The molecule has 30 heavy (non-hydrogen) atoms. The van der Waals surface area contributed by atoms with Gasteiger partial charge in [0, 0.05) is 30.7 Å². The summed E-state index contributed by atoms with van der Waals surface area (Å²) in [5.74, 6) is -0.270. The molecule has 1 aliphatic rings. The van der Waals surface area contributed by atoms with Crippen LogP contribution < -0.4 is 20.4 Å². The Morgan fingerprint density at radius 1 is 1.20 bits per heavy atom. The average Bonchev–Trinajstić information content (AvgIpc) is 2.62. The van der Waals surface area contributed by atoms with E-state index in [-0.39, 0.29) is 12.3 Å². The molecule has 0 fully saturated rings. The molecule has 0 aromatic heterocycles. The van der Waals surface area contributed by atoms with E-state index in [9.17, 15) is 19.0 Å². The molecule has 2 aromatic rings. The molecule has 0 bridgehead atoms. The third kappa shape index (κ3) is 3.81. The second kappa shape index (κ2) is 7.65. The first-order valence-corrected chi connectivity index (χ1v) is 10.9. The number of nitrogens with two attached hydrogens (primary N) is 1. The minimum atomic E-state index is -2.91. The first-order chi connectivity index (χ1) is 13.9. The van der Waals surface area contributed by atoms with Gasteiger partial charge in [-0.05, 0) is 48.0 Å². The number of fused-ring (bicyclic) bond motifs is 1. The number of halogens is 1. The molecule has 0 radical (unpaired) electrons. The van der Waals surface area contributed by atoms with Crippen LogP contribution in [-0.2, 0) is 14.8 Å². The zero-order valence-corrected chi connectivity index (χ0v) is 18.8. The summed E-state index contributed by atoms with van der Waals surface area (Å²) in [5, 5.41) is -0.864. The summed E-state index contributed by atoms with van der Waals surface area (Å²) >= 11 is 5.95. The number of hydrogen-bond donors (Lipinski definition) is 1. The molecule has 1 unspecified atom stereocenters. The highest BCUT2D eigenvalue weighted by Gasteiger charge is 2.49. The van der Waals surface area contributed by atoms with Crippen LogP contribution >= 0.6 is 19.6 Å². The summed E-state index contributed by atoms with van der Waals surface area (Å²) < 4.78 is 11.9. The molecular weight excluding hydrogens is 425 g/mol. The Kier molecular flexibility index (Phi) is 5.67. The Morgan fingerprint density at radius 3 is 2.30 bits per heavy atom. The van der Waals surface area contributed by atoms with Crippen LogP contribution in [0.25, 0.3) is 0 Å². The van der Waals surface area contributed by atoms with Gasteiger partial charge < -0.3 is 10.6 Å². The second-order valence-electron chi connectivity index (χ2n) is 8.39. The minimum Gasteiger partial charge on any atom is -0.594 e. The summed E-state index contributed by atoms with van der Waals surface area (Å²) in [6.07, 6.45) is 0.133. The molecule has 0 saturated carbocycles. The SMILES string of the molecule is CC1(C)CC(=O)N(C(C)(C)[P+](=O)[O-])c2ccc(N(C(N)=O)c3ccc(Cl)cc3)cc21. The standard InChI is InChI=1S/C21H23ClN3O4P/c1-20(2)12-18(26)25(21(3,4)30(28)29)17-10-9-15(11-16(17)20)24(19(23)27)14-7-5-13(22)6-8-14/h5-11H,12H2,1-4H3,(H2,23,27). The lowest BCUT2D eigenvalue weighted by Crippen LogP contribution is -2.52. The number of benzene rings is 2. The molecule has 3 amide bonds. The van der Waals surface area contributed by atoms with Gasteiger partial charge in [0.25, 0.3) is 0 Å². The smallest absolute Gasteiger partial charge is 0.337 e. The van der Waals surface area contributed by atoms with E-state index < -0.39 is 24.8 Å². The topological polar surface area (TPSA) is 107 Å².